The van der Waals surface area contributed by atoms with Gasteiger partial charge in [-0.05, 0) is 30.3 Å². The number of hydrogen-bond acceptors (Lipinski definition) is 3. The van der Waals surface area contributed by atoms with E-state index in [0.29, 0.717) is 0 Å². The Kier molecular flexibility index (Phi) is 5.28. The van der Waals surface area contributed by atoms with E-state index in [1.54, 1.807) is 0 Å². The van der Waals surface area contributed by atoms with Gasteiger partial charge >= 0.3 is 6.18 Å². The van der Waals surface area contributed by atoms with Crippen molar-refractivity contribution in [1.29, 1.82) is 0 Å². The van der Waals surface area contributed by atoms with Gasteiger partial charge in [0.05, 0.1) is 28.1 Å². The molecule has 25 heavy (non-hydrogen) atoms. The first-order valence-corrected chi connectivity index (χ1v) is 8.99. The van der Waals surface area contributed by atoms with E-state index in [4.69, 9.17) is 11.6 Å². The molecule has 1 amide bonds. The van der Waals surface area contributed by atoms with Crippen LogP contribution in [-0.2, 0) is 16.2 Å². The van der Waals surface area contributed by atoms with E-state index in [0.717, 1.165) is 24.5 Å². The molecule has 2 N–H and O–H groups in total. The van der Waals surface area contributed by atoms with Crippen LogP contribution in [0.15, 0.2) is 42.5 Å². The normalized spacial score (nSPS) is 11.9. The second-order valence-electron chi connectivity index (χ2n) is 5.07. The second-order valence-corrected chi connectivity index (χ2v) is 7.22. The molecule has 0 aliphatic rings. The summed E-state index contributed by atoms with van der Waals surface area (Å²) in [6.45, 7) is 0. The summed E-state index contributed by atoms with van der Waals surface area (Å²) in [5.74, 6) is -0.904. The third kappa shape index (κ3) is 5.10. The van der Waals surface area contributed by atoms with Crippen molar-refractivity contribution in [1.82, 2.24) is 0 Å². The van der Waals surface area contributed by atoms with Crippen LogP contribution in [0.4, 0.5) is 24.5 Å². The van der Waals surface area contributed by atoms with Gasteiger partial charge in [0.25, 0.3) is 5.91 Å². The molecule has 0 bridgehead atoms. The maximum Gasteiger partial charge on any atom is 0.418 e. The fourth-order valence-corrected chi connectivity index (χ4v) is 2.76. The van der Waals surface area contributed by atoms with E-state index in [1.165, 1.54) is 24.3 Å². The van der Waals surface area contributed by atoms with E-state index >= 15 is 0 Å². The SMILES string of the molecule is CS(=O)(=O)Nc1ccc(Cl)c(C(=O)Nc2ccccc2C(F)(F)F)c1. The Morgan fingerprint density at radius 3 is 2.36 bits per heavy atom. The van der Waals surface area contributed by atoms with E-state index in [2.05, 4.69) is 10.0 Å². The first-order valence-electron chi connectivity index (χ1n) is 6.72. The second kappa shape index (κ2) is 6.93. The van der Waals surface area contributed by atoms with Crippen molar-refractivity contribution < 1.29 is 26.4 Å². The quantitative estimate of drug-likeness (QED) is 0.826. The van der Waals surface area contributed by atoms with Crippen molar-refractivity contribution in [3.05, 3.63) is 58.6 Å². The van der Waals surface area contributed by atoms with Crippen LogP contribution < -0.4 is 10.0 Å². The van der Waals surface area contributed by atoms with Crippen molar-refractivity contribution in [3.8, 4) is 0 Å². The zero-order valence-corrected chi connectivity index (χ0v) is 14.3. The fraction of sp³-hybridized carbons (Fsp3) is 0.133. The minimum Gasteiger partial charge on any atom is -0.321 e. The van der Waals surface area contributed by atoms with Gasteiger partial charge in [0, 0.05) is 5.69 Å². The molecule has 0 radical (unpaired) electrons. The van der Waals surface area contributed by atoms with Crippen LogP contribution in [-0.4, -0.2) is 20.6 Å². The van der Waals surface area contributed by atoms with Gasteiger partial charge in [-0.25, -0.2) is 8.42 Å². The third-order valence-electron chi connectivity index (χ3n) is 2.99. The van der Waals surface area contributed by atoms with Crippen LogP contribution in [0, 0.1) is 0 Å². The lowest BCUT2D eigenvalue weighted by Crippen LogP contribution is -2.17. The first-order chi connectivity index (χ1) is 11.5. The average molecular weight is 393 g/mol. The van der Waals surface area contributed by atoms with Crippen molar-refractivity contribution in [2.24, 2.45) is 0 Å². The summed E-state index contributed by atoms with van der Waals surface area (Å²) < 4.78 is 63.6. The molecule has 0 atom stereocenters. The molecule has 0 heterocycles. The first kappa shape index (κ1) is 19.1. The molecular weight excluding hydrogens is 381 g/mol. The Bertz CT molecular complexity index is 914. The summed E-state index contributed by atoms with van der Waals surface area (Å²) in [4.78, 5) is 12.3. The van der Waals surface area contributed by atoms with Gasteiger partial charge in [-0.3, -0.25) is 9.52 Å². The van der Waals surface area contributed by atoms with Gasteiger partial charge in [0.15, 0.2) is 0 Å². The molecule has 0 saturated heterocycles. The molecule has 0 unspecified atom stereocenters. The van der Waals surface area contributed by atoms with Gasteiger partial charge in [-0.15, -0.1) is 0 Å². The van der Waals surface area contributed by atoms with Gasteiger partial charge in [-0.1, -0.05) is 23.7 Å². The molecule has 134 valence electrons. The number of amides is 1. The van der Waals surface area contributed by atoms with Crippen molar-refractivity contribution in [2.45, 2.75) is 6.18 Å². The lowest BCUT2D eigenvalue weighted by molar-refractivity contribution is -0.136. The number of anilines is 2. The number of carbonyl (C=O) groups is 1. The molecule has 0 aliphatic carbocycles. The number of halogens is 4. The Morgan fingerprint density at radius 1 is 1.12 bits per heavy atom. The maximum absolute atomic E-state index is 13.0. The standard InChI is InChI=1S/C15H12ClF3N2O3S/c1-25(23,24)21-9-6-7-12(16)10(8-9)14(22)20-13-5-3-2-4-11(13)15(17,18)19/h2-8,21H,1H3,(H,20,22). The Labute approximate surface area is 146 Å². The molecule has 0 aromatic heterocycles. The van der Waals surface area contributed by atoms with Crippen LogP contribution in [0.3, 0.4) is 0 Å². The van der Waals surface area contributed by atoms with Gasteiger partial charge in [0.2, 0.25) is 10.0 Å². The van der Waals surface area contributed by atoms with Crippen molar-refractivity contribution in [2.75, 3.05) is 16.3 Å². The molecular formula is C15H12ClF3N2O3S. The number of alkyl halides is 3. The molecule has 10 heteroatoms. The minimum atomic E-state index is -4.65. The zero-order valence-electron chi connectivity index (χ0n) is 12.7. The molecule has 0 fully saturated rings. The number of rotatable bonds is 4. The highest BCUT2D eigenvalue weighted by atomic mass is 35.5. The smallest absolute Gasteiger partial charge is 0.321 e. The monoisotopic (exact) mass is 392 g/mol. The van der Waals surface area contributed by atoms with Crippen LogP contribution in [0.5, 0.6) is 0 Å². The van der Waals surface area contributed by atoms with Crippen LogP contribution in [0.2, 0.25) is 5.02 Å². The third-order valence-corrected chi connectivity index (χ3v) is 3.93. The van der Waals surface area contributed by atoms with E-state index in [9.17, 15) is 26.4 Å². The van der Waals surface area contributed by atoms with Crippen LogP contribution in [0.25, 0.3) is 0 Å². The summed E-state index contributed by atoms with van der Waals surface area (Å²) in [5, 5.41) is 2.10. The summed E-state index contributed by atoms with van der Waals surface area (Å²) in [5.41, 5.74) is -1.56. The molecule has 5 nitrogen and oxygen atoms in total. The topological polar surface area (TPSA) is 75.3 Å². The summed E-state index contributed by atoms with van der Waals surface area (Å²) in [6.07, 6.45) is -3.73. The largest absolute Gasteiger partial charge is 0.418 e. The Balaban J connectivity index is 2.35. The molecule has 2 aromatic rings. The predicted octanol–water partition coefficient (Wildman–Crippen LogP) is 3.98. The van der Waals surface area contributed by atoms with Gasteiger partial charge in [0.1, 0.15) is 0 Å². The highest BCUT2D eigenvalue weighted by Crippen LogP contribution is 2.35. The number of carbonyl (C=O) groups excluding carboxylic acids is 1. The van der Waals surface area contributed by atoms with E-state index < -0.39 is 33.4 Å². The summed E-state index contributed by atoms with van der Waals surface area (Å²) in [6, 6.07) is 8.20. The number of benzene rings is 2. The predicted molar refractivity (Wildman–Crippen MR) is 89.3 cm³/mol. The van der Waals surface area contributed by atoms with Gasteiger partial charge in [-0.2, -0.15) is 13.2 Å². The fourth-order valence-electron chi connectivity index (χ4n) is 2.01. The molecule has 0 saturated carbocycles. The highest BCUT2D eigenvalue weighted by Gasteiger charge is 2.33. The van der Waals surface area contributed by atoms with Crippen molar-refractivity contribution in [3.63, 3.8) is 0 Å². The number of hydrogen-bond donors (Lipinski definition) is 2. The zero-order chi connectivity index (χ0) is 18.8. The lowest BCUT2D eigenvalue weighted by atomic mass is 10.1. The molecule has 0 aliphatic heterocycles. The highest BCUT2D eigenvalue weighted by molar-refractivity contribution is 7.92. The number of sulfonamides is 1. The van der Waals surface area contributed by atoms with Crippen LogP contribution in [0.1, 0.15) is 15.9 Å². The van der Waals surface area contributed by atoms with Gasteiger partial charge < -0.3 is 5.32 Å². The molecule has 2 aromatic carbocycles. The van der Waals surface area contributed by atoms with E-state index in [1.807, 2.05) is 0 Å². The Hall–Kier alpha value is -2.26. The molecule has 2 rings (SSSR count). The lowest BCUT2D eigenvalue weighted by Gasteiger charge is -2.14. The number of nitrogens with one attached hydrogen (secondary N) is 2. The van der Waals surface area contributed by atoms with Crippen molar-refractivity contribution >= 4 is 38.9 Å². The molecule has 0 spiro atoms. The maximum atomic E-state index is 13.0. The number of para-hydroxylation sites is 1. The minimum absolute atomic E-state index is 0.0407. The summed E-state index contributed by atoms with van der Waals surface area (Å²) >= 11 is 5.90. The average Bonchev–Trinajstić information content (AvgIpc) is 2.47. The van der Waals surface area contributed by atoms with E-state index in [-0.39, 0.29) is 16.3 Å². The van der Waals surface area contributed by atoms with Crippen LogP contribution >= 0.6 is 11.6 Å². The Morgan fingerprint density at radius 2 is 1.76 bits per heavy atom. The summed E-state index contributed by atoms with van der Waals surface area (Å²) in [7, 11) is -3.59.